The lowest BCUT2D eigenvalue weighted by Gasteiger charge is -2.08. The van der Waals surface area contributed by atoms with Crippen LogP contribution in [0.4, 0.5) is 0 Å². The van der Waals surface area contributed by atoms with Gasteiger partial charge in [-0.25, -0.2) is 4.79 Å². The number of hydrogen-bond acceptors (Lipinski definition) is 4. The summed E-state index contributed by atoms with van der Waals surface area (Å²) >= 11 is 0. The third-order valence-electron chi connectivity index (χ3n) is 2.44. The summed E-state index contributed by atoms with van der Waals surface area (Å²) < 4.78 is 5.40. The second-order valence-corrected chi connectivity index (χ2v) is 3.87. The van der Waals surface area contributed by atoms with Crippen LogP contribution in [0.2, 0.25) is 0 Å². The van der Waals surface area contributed by atoms with Gasteiger partial charge in [-0.1, -0.05) is 30.3 Å². The first-order valence-electron chi connectivity index (χ1n) is 6.07. The highest BCUT2D eigenvalue weighted by molar-refractivity contribution is 5.90. The first-order chi connectivity index (χ1) is 9.77. The molecule has 104 valence electrons. The number of carboxylic acid groups (broad SMARTS) is 1. The molecular weight excluding hydrogens is 260 g/mol. The van der Waals surface area contributed by atoms with E-state index in [0.29, 0.717) is 6.61 Å². The molecule has 0 aliphatic carbocycles. The van der Waals surface area contributed by atoms with Gasteiger partial charge in [0.1, 0.15) is 24.5 Å². The average molecular weight is 274 g/mol. The van der Waals surface area contributed by atoms with Gasteiger partial charge in [0, 0.05) is 0 Å². The fourth-order valence-corrected chi connectivity index (χ4v) is 1.53. The van der Waals surface area contributed by atoms with Crippen molar-refractivity contribution in [2.24, 2.45) is 0 Å². The molecule has 0 radical (unpaired) electrons. The van der Waals surface area contributed by atoms with Crippen LogP contribution in [0.15, 0.2) is 54.6 Å². The largest absolute Gasteiger partial charge is 0.491 e. The number of aromatic carboxylic acids is 1. The third kappa shape index (κ3) is 4.00. The number of rotatable bonds is 7. The maximum atomic E-state index is 10.9. The quantitative estimate of drug-likeness (QED) is 0.478. The topological polar surface area (TPSA) is 65.0 Å². The van der Waals surface area contributed by atoms with Gasteiger partial charge in [0.15, 0.2) is 5.75 Å². The van der Waals surface area contributed by atoms with Crippen LogP contribution in [0.25, 0.3) is 0 Å². The molecular formula is C15H14O5. The van der Waals surface area contributed by atoms with Crippen LogP contribution in [-0.2, 0) is 4.89 Å². The zero-order chi connectivity index (χ0) is 14.2. The Kier molecular flexibility index (Phi) is 4.97. The smallest absolute Gasteiger partial charge is 0.339 e. The van der Waals surface area contributed by atoms with Gasteiger partial charge in [0.2, 0.25) is 0 Å². The van der Waals surface area contributed by atoms with Gasteiger partial charge in [-0.2, -0.15) is 4.89 Å². The highest BCUT2D eigenvalue weighted by atomic mass is 17.2. The standard InChI is InChI=1S/C15H14O5/c16-15(17)13-8-4-5-9-14(13)20-19-11-10-18-12-6-2-1-3-7-12/h1-9H,10-11H2,(H,16,17). The number of hydrogen-bond donors (Lipinski definition) is 1. The molecule has 0 bridgehead atoms. The fraction of sp³-hybridized carbons (Fsp3) is 0.133. The van der Waals surface area contributed by atoms with Crippen molar-refractivity contribution in [2.75, 3.05) is 13.2 Å². The van der Waals surface area contributed by atoms with Crippen LogP contribution < -0.4 is 9.62 Å². The Morgan fingerprint density at radius 2 is 1.65 bits per heavy atom. The molecule has 5 heteroatoms. The van der Waals surface area contributed by atoms with E-state index >= 15 is 0 Å². The molecule has 0 heterocycles. The lowest BCUT2D eigenvalue weighted by molar-refractivity contribution is -0.211. The normalized spacial score (nSPS) is 10.0. The minimum atomic E-state index is -1.07. The molecule has 0 unspecified atom stereocenters. The van der Waals surface area contributed by atoms with Crippen molar-refractivity contribution in [2.45, 2.75) is 0 Å². The van der Waals surface area contributed by atoms with Crippen molar-refractivity contribution >= 4 is 5.97 Å². The molecule has 2 aromatic carbocycles. The van der Waals surface area contributed by atoms with Gasteiger partial charge >= 0.3 is 5.97 Å². The Bertz CT molecular complexity index is 553. The van der Waals surface area contributed by atoms with Gasteiger partial charge < -0.3 is 14.7 Å². The minimum Gasteiger partial charge on any atom is -0.491 e. The Morgan fingerprint density at radius 3 is 2.40 bits per heavy atom. The van der Waals surface area contributed by atoms with Crippen molar-refractivity contribution in [1.82, 2.24) is 0 Å². The van der Waals surface area contributed by atoms with Gasteiger partial charge in [0.25, 0.3) is 0 Å². The minimum absolute atomic E-state index is 0.0523. The summed E-state index contributed by atoms with van der Waals surface area (Å²) in [7, 11) is 0. The maximum Gasteiger partial charge on any atom is 0.339 e. The van der Waals surface area contributed by atoms with Gasteiger partial charge in [-0.05, 0) is 24.3 Å². The van der Waals surface area contributed by atoms with E-state index in [0.717, 1.165) is 5.75 Å². The van der Waals surface area contributed by atoms with Crippen molar-refractivity contribution in [3.63, 3.8) is 0 Å². The highest BCUT2D eigenvalue weighted by Crippen LogP contribution is 2.17. The Labute approximate surface area is 116 Å². The maximum absolute atomic E-state index is 10.9. The molecule has 0 fully saturated rings. The van der Waals surface area contributed by atoms with E-state index in [9.17, 15) is 4.79 Å². The van der Waals surface area contributed by atoms with Crippen molar-refractivity contribution in [3.8, 4) is 11.5 Å². The van der Waals surface area contributed by atoms with Crippen molar-refractivity contribution in [3.05, 3.63) is 60.2 Å². The summed E-state index contributed by atoms with van der Waals surface area (Å²) in [6.45, 7) is 0.488. The monoisotopic (exact) mass is 274 g/mol. The molecule has 0 amide bonds. The van der Waals surface area contributed by atoms with E-state index < -0.39 is 5.97 Å². The van der Waals surface area contributed by atoms with Gasteiger partial charge in [-0.15, -0.1) is 0 Å². The summed E-state index contributed by atoms with van der Waals surface area (Å²) in [6.07, 6.45) is 0. The molecule has 0 saturated carbocycles. The SMILES string of the molecule is O=C(O)c1ccccc1OOCCOc1ccccc1. The summed E-state index contributed by atoms with van der Waals surface area (Å²) in [5.41, 5.74) is 0.0523. The molecule has 1 N–H and O–H groups in total. The van der Waals surface area contributed by atoms with Gasteiger partial charge in [-0.3, -0.25) is 0 Å². The molecule has 2 aromatic rings. The first kappa shape index (κ1) is 13.9. The summed E-state index contributed by atoms with van der Waals surface area (Å²) in [5.74, 6) is -0.161. The number of carbonyl (C=O) groups is 1. The summed E-state index contributed by atoms with van der Waals surface area (Å²) in [6, 6.07) is 15.6. The zero-order valence-electron chi connectivity index (χ0n) is 10.7. The molecule has 0 aliphatic rings. The van der Waals surface area contributed by atoms with E-state index in [1.165, 1.54) is 12.1 Å². The predicted molar refractivity (Wildman–Crippen MR) is 71.9 cm³/mol. The van der Waals surface area contributed by atoms with Crippen LogP contribution in [-0.4, -0.2) is 24.3 Å². The Morgan fingerprint density at radius 1 is 0.950 bits per heavy atom. The average Bonchev–Trinajstić information content (AvgIpc) is 2.48. The van der Waals surface area contributed by atoms with E-state index in [1.807, 2.05) is 30.3 Å². The Balaban J connectivity index is 1.75. The van der Waals surface area contributed by atoms with Crippen LogP contribution in [0.3, 0.4) is 0 Å². The zero-order valence-corrected chi connectivity index (χ0v) is 10.7. The van der Waals surface area contributed by atoms with E-state index in [-0.39, 0.29) is 17.9 Å². The number of benzene rings is 2. The fourth-order valence-electron chi connectivity index (χ4n) is 1.53. The lowest BCUT2D eigenvalue weighted by atomic mass is 10.2. The molecule has 0 aromatic heterocycles. The molecule has 5 nitrogen and oxygen atoms in total. The summed E-state index contributed by atoms with van der Waals surface area (Å²) in [5, 5.41) is 8.96. The van der Waals surface area contributed by atoms with E-state index in [2.05, 4.69) is 0 Å². The third-order valence-corrected chi connectivity index (χ3v) is 2.44. The second-order valence-electron chi connectivity index (χ2n) is 3.87. The number of carboxylic acids is 1. The van der Waals surface area contributed by atoms with Crippen molar-refractivity contribution in [1.29, 1.82) is 0 Å². The number of ether oxygens (including phenoxy) is 1. The van der Waals surface area contributed by atoms with Crippen LogP contribution in [0, 0.1) is 0 Å². The molecule has 20 heavy (non-hydrogen) atoms. The first-order valence-corrected chi connectivity index (χ1v) is 6.07. The second kappa shape index (κ2) is 7.16. The number of para-hydroxylation sites is 2. The Hall–Kier alpha value is -2.53. The van der Waals surface area contributed by atoms with Crippen LogP contribution in [0.5, 0.6) is 11.5 Å². The summed E-state index contributed by atoms with van der Waals surface area (Å²) in [4.78, 5) is 20.9. The molecule has 0 spiro atoms. The van der Waals surface area contributed by atoms with Crippen molar-refractivity contribution < 1.29 is 24.4 Å². The molecule has 0 aliphatic heterocycles. The predicted octanol–water partition coefficient (Wildman–Crippen LogP) is 2.77. The molecule has 0 saturated heterocycles. The van der Waals surface area contributed by atoms with E-state index in [4.69, 9.17) is 19.6 Å². The molecule has 2 rings (SSSR count). The van der Waals surface area contributed by atoms with E-state index in [1.54, 1.807) is 12.1 Å². The van der Waals surface area contributed by atoms with Gasteiger partial charge in [0.05, 0.1) is 0 Å². The highest BCUT2D eigenvalue weighted by Gasteiger charge is 2.10. The lowest BCUT2D eigenvalue weighted by Crippen LogP contribution is -2.10. The molecule has 0 atom stereocenters. The van der Waals surface area contributed by atoms with Crippen LogP contribution >= 0.6 is 0 Å². The van der Waals surface area contributed by atoms with Crippen LogP contribution in [0.1, 0.15) is 10.4 Å².